The number of H-pyrrole nitrogens is 1. The normalized spacial score (nSPS) is 8.60. The van der Waals surface area contributed by atoms with Crippen LogP contribution in [0.2, 0.25) is 10.6 Å². The van der Waals surface area contributed by atoms with Crippen molar-refractivity contribution in [2.45, 2.75) is 0 Å². The van der Waals surface area contributed by atoms with Gasteiger partial charge in [0.1, 0.15) is 0 Å². The summed E-state index contributed by atoms with van der Waals surface area (Å²) in [6, 6.07) is 0. The monoisotopic (exact) mass is 189 g/mol. The number of aromatic amines is 1. The van der Waals surface area contributed by atoms with Crippen LogP contribution in [0.25, 0.3) is 0 Å². The maximum atomic E-state index is 10.3. The molecule has 1 heterocycles. The molecule has 0 aliphatic carbocycles. The van der Waals surface area contributed by atoms with E-state index in [1.807, 2.05) is 0 Å². The first-order chi connectivity index (χ1) is 4.18. The van der Waals surface area contributed by atoms with Crippen molar-refractivity contribution in [3.63, 3.8) is 0 Å². The molecule has 0 aromatic carbocycles. The van der Waals surface area contributed by atoms with Crippen LogP contribution in [0.5, 0.6) is 0 Å². The van der Waals surface area contributed by atoms with Crippen LogP contribution in [0.15, 0.2) is 4.79 Å². The van der Waals surface area contributed by atoms with E-state index in [0.717, 1.165) is 0 Å². The Morgan fingerprint density at radius 1 is 1.30 bits per heavy atom. The minimum atomic E-state index is -0.597. The van der Waals surface area contributed by atoms with E-state index in [-0.39, 0.29) is 40.1 Å². The zero-order valence-corrected chi connectivity index (χ0v) is 5.57. The van der Waals surface area contributed by atoms with Gasteiger partial charge in [-0.1, -0.05) is 0 Å². The number of halogens is 2. The molecule has 0 aliphatic rings. The van der Waals surface area contributed by atoms with E-state index in [1.54, 1.807) is 0 Å². The number of nitrogens with zero attached hydrogens (tertiary/aromatic N) is 2. The second kappa shape index (κ2) is 4.31. The summed E-state index contributed by atoms with van der Waals surface area (Å²) in [5.41, 5.74) is -0.597. The molecule has 1 N–H and O–H groups in total. The van der Waals surface area contributed by atoms with Crippen LogP contribution >= 0.6 is 23.2 Å². The van der Waals surface area contributed by atoms with Gasteiger partial charge < -0.3 is 0 Å². The summed E-state index contributed by atoms with van der Waals surface area (Å²) in [5, 5.41) is -0.205. The number of aromatic nitrogens is 3. The van der Waals surface area contributed by atoms with E-state index >= 15 is 0 Å². The van der Waals surface area contributed by atoms with Gasteiger partial charge in [0, 0.05) is 0 Å². The summed E-state index contributed by atoms with van der Waals surface area (Å²) in [6.07, 6.45) is 0. The van der Waals surface area contributed by atoms with Gasteiger partial charge in [0.25, 0.3) is 0 Å². The van der Waals surface area contributed by atoms with Crippen molar-refractivity contribution in [3.8, 4) is 0 Å². The van der Waals surface area contributed by atoms with Gasteiger partial charge in [0.05, 0.1) is 0 Å². The molecule has 0 amide bonds. The van der Waals surface area contributed by atoms with E-state index < -0.39 is 5.69 Å². The number of nitrogens with one attached hydrogen (secondary N) is 1. The molecule has 1 rings (SSSR count). The Balaban J connectivity index is 0.000000810. The van der Waals surface area contributed by atoms with Crippen LogP contribution in [-0.4, -0.2) is 44.5 Å². The molecule has 4 nitrogen and oxygen atoms in total. The molecule has 0 saturated carbocycles. The molecule has 1 aromatic rings. The Morgan fingerprint density at radius 2 is 1.90 bits per heavy atom. The molecule has 0 spiro atoms. The predicted molar refractivity (Wildman–Crippen MR) is 39.8 cm³/mol. The quantitative estimate of drug-likeness (QED) is 0.577. The molecule has 10 heavy (non-hydrogen) atoms. The first-order valence-corrected chi connectivity index (χ1v) is 2.73. The van der Waals surface area contributed by atoms with Gasteiger partial charge in [0.15, 0.2) is 0 Å². The van der Waals surface area contributed by atoms with Crippen LogP contribution in [-0.2, 0) is 0 Å². The van der Waals surface area contributed by atoms with E-state index in [9.17, 15) is 4.79 Å². The van der Waals surface area contributed by atoms with E-state index in [0.29, 0.717) is 0 Å². The Bertz CT molecular complexity index is 251. The minimum absolute atomic E-state index is 0. The summed E-state index contributed by atoms with van der Waals surface area (Å²) >= 11 is 10.5. The second-order valence-electron chi connectivity index (χ2n) is 1.21. The van der Waals surface area contributed by atoms with Crippen LogP contribution in [0.4, 0.5) is 0 Å². The second-order valence-corrected chi connectivity index (χ2v) is 1.91. The fourth-order valence-corrected chi connectivity index (χ4v) is 0.699. The van der Waals surface area contributed by atoms with Crippen LogP contribution in [0, 0.1) is 0 Å². The number of hydrogen-bond donors (Lipinski definition) is 1. The van der Waals surface area contributed by atoms with Gasteiger partial charge in [0.2, 0.25) is 10.6 Å². The average Bonchev–Trinajstić information content (AvgIpc) is 1.59. The summed E-state index contributed by atoms with van der Waals surface area (Å²) in [7, 11) is 0. The molecule has 0 atom stereocenters. The Kier molecular flexibility index (Phi) is 4.47. The summed E-state index contributed by atoms with van der Waals surface area (Å²) in [5.74, 6) is 0. The molecular weight excluding hydrogens is 188 g/mol. The van der Waals surface area contributed by atoms with E-state index in [4.69, 9.17) is 23.2 Å². The van der Waals surface area contributed by atoms with Crippen molar-refractivity contribution in [2.24, 2.45) is 0 Å². The van der Waals surface area contributed by atoms with Crippen molar-refractivity contribution >= 4 is 52.8 Å². The van der Waals surface area contributed by atoms with Crippen molar-refractivity contribution in [2.75, 3.05) is 0 Å². The first kappa shape index (κ1) is 10.4. The van der Waals surface area contributed by atoms with E-state index in [2.05, 4.69) is 15.0 Å². The molecule has 0 aliphatic heterocycles. The van der Waals surface area contributed by atoms with Gasteiger partial charge in [-0.2, -0.15) is 9.97 Å². The first-order valence-electron chi connectivity index (χ1n) is 1.98. The van der Waals surface area contributed by atoms with Crippen molar-refractivity contribution < 1.29 is 0 Å². The van der Waals surface area contributed by atoms with Crippen LogP contribution < -0.4 is 5.69 Å². The molecule has 50 valence electrons. The van der Waals surface area contributed by atoms with Gasteiger partial charge in [-0.3, -0.25) is 4.98 Å². The Hall–Kier alpha value is 0.390. The molecule has 0 radical (unpaired) electrons. The molecule has 7 heteroatoms. The molecular formula is C3H2Cl2N3NaO. The maximum absolute atomic E-state index is 10.3. The average molecular weight is 190 g/mol. The third kappa shape index (κ3) is 2.98. The van der Waals surface area contributed by atoms with E-state index in [1.165, 1.54) is 0 Å². The fraction of sp³-hybridized carbons (Fsp3) is 0. The fourth-order valence-electron chi connectivity index (χ4n) is 0.334. The van der Waals surface area contributed by atoms with Crippen LogP contribution in [0.3, 0.4) is 0 Å². The molecule has 0 saturated heterocycles. The summed E-state index contributed by atoms with van der Waals surface area (Å²) in [4.78, 5) is 19.0. The van der Waals surface area contributed by atoms with Crippen molar-refractivity contribution in [1.29, 1.82) is 0 Å². The third-order valence-electron chi connectivity index (χ3n) is 0.594. The predicted octanol–water partition coefficient (Wildman–Crippen LogP) is -0.177. The number of rotatable bonds is 0. The standard InChI is InChI=1S/C3HCl2N3O.Na.H/c4-1-6-2(5)8-3(9)7-1;;/h(H,6,7,8,9);;. The van der Waals surface area contributed by atoms with Gasteiger partial charge in [-0.05, 0) is 23.2 Å². The SMILES string of the molecule is O=c1nc(Cl)nc(Cl)[nH]1.[NaH]. The molecule has 0 unspecified atom stereocenters. The van der Waals surface area contributed by atoms with Crippen LogP contribution in [0.1, 0.15) is 0 Å². The Morgan fingerprint density at radius 3 is 2.30 bits per heavy atom. The summed E-state index contributed by atoms with van der Waals surface area (Å²) < 4.78 is 0. The third-order valence-corrected chi connectivity index (χ3v) is 0.942. The van der Waals surface area contributed by atoms with Gasteiger partial charge >= 0.3 is 35.2 Å². The number of hydrogen-bond acceptors (Lipinski definition) is 3. The topological polar surface area (TPSA) is 58.6 Å². The summed E-state index contributed by atoms with van der Waals surface area (Å²) in [6.45, 7) is 0. The Labute approximate surface area is 88.3 Å². The zero-order chi connectivity index (χ0) is 6.85. The molecule has 0 bridgehead atoms. The molecule has 1 aromatic heterocycles. The zero-order valence-electron chi connectivity index (χ0n) is 4.06. The van der Waals surface area contributed by atoms with Crippen molar-refractivity contribution in [3.05, 3.63) is 21.1 Å². The molecule has 0 fully saturated rings. The van der Waals surface area contributed by atoms with Gasteiger partial charge in [-0.15, -0.1) is 0 Å². The van der Waals surface area contributed by atoms with Gasteiger partial charge in [-0.25, -0.2) is 4.79 Å². The van der Waals surface area contributed by atoms with Crippen molar-refractivity contribution in [1.82, 2.24) is 15.0 Å².